The van der Waals surface area contributed by atoms with Gasteiger partial charge in [0.1, 0.15) is 13.3 Å². The minimum absolute atomic E-state index is 0.139. The van der Waals surface area contributed by atoms with Crippen LogP contribution in [0.4, 0.5) is 18.9 Å². The Morgan fingerprint density at radius 2 is 1.80 bits per heavy atom. The number of hydrogen-bond acceptors (Lipinski definition) is 2. The van der Waals surface area contributed by atoms with Gasteiger partial charge in [0.05, 0.1) is 0 Å². The molecular formula is C9H12F3NOSi. The second-order valence-corrected chi connectivity index (χ2v) is 4.31. The van der Waals surface area contributed by atoms with Crippen LogP contribution in [0, 0.1) is 0 Å². The van der Waals surface area contributed by atoms with Gasteiger partial charge in [-0.25, -0.2) is 0 Å². The number of rotatable bonds is 4. The first kappa shape index (κ1) is 12.1. The molecule has 15 heavy (non-hydrogen) atoms. The molecule has 0 aromatic heterocycles. The van der Waals surface area contributed by atoms with Gasteiger partial charge < -0.3 is 10.1 Å². The zero-order valence-electron chi connectivity index (χ0n) is 8.27. The number of benzene rings is 1. The molecule has 6 heteroatoms. The highest BCUT2D eigenvalue weighted by atomic mass is 28.1. The lowest BCUT2D eigenvalue weighted by Gasteiger charge is -2.09. The molecule has 0 aliphatic carbocycles. The largest absolute Gasteiger partial charge is 0.411 e. The van der Waals surface area contributed by atoms with Gasteiger partial charge in [0.15, 0.2) is 0 Å². The molecule has 1 aromatic rings. The van der Waals surface area contributed by atoms with E-state index < -0.39 is 12.8 Å². The fraction of sp³-hybridized carbons (Fsp3) is 0.333. The second-order valence-electron chi connectivity index (χ2n) is 3.15. The van der Waals surface area contributed by atoms with Crippen molar-refractivity contribution in [1.82, 2.24) is 0 Å². The number of hydrogen-bond donors (Lipinski definition) is 1. The Balaban J connectivity index is 2.23. The predicted octanol–water partition coefficient (Wildman–Crippen LogP) is 0.626. The smallest absolute Gasteiger partial charge is 0.363 e. The summed E-state index contributed by atoms with van der Waals surface area (Å²) >= 11 is 0. The Morgan fingerprint density at radius 1 is 1.20 bits per heavy atom. The van der Waals surface area contributed by atoms with Crippen molar-refractivity contribution in [2.75, 3.05) is 18.7 Å². The summed E-state index contributed by atoms with van der Waals surface area (Å²) < 4.78 is 39.5. The van der Waals surface area contributed by atoms with Gasteiger partial charge in [-0.3, -0.25) is 0 Å². The molecule has 0 spiro atoms. The highest BCUT2D eigenvalue weighted by Crippen LogP contribution is 2.14. The van der Waals surface area contributed by atoms with Gasteiger partial charge in [-0.2, -0.15) is 13.2 Å². The van der Waals surface area contributed by atoms with Crippen LogP contribution in [-0.4, -0.2) is 29.8 Å². The van der Waals surface area contributed by atoms with Crippen molar-refractivity contribution >= 4 is 21.1 Å². The highest BCUT2D eigenvalue weighted by molar-refractivity contribution is 6.32. The fourth-order valence-electron chi connectivity index (χ4n) is 0.973. The van der Waals surface area contributed by atoms with E-state index in [-0.39, 0.29) is 6.73 Å². The molecule has 0 aliphatic rings. The fourth-order valence-corrected chi connectivity index (χ4v) is 1.31. The zero-order valence-corrected chi connectivity index (χ0v) is 10.3. The lowest BCUT2D eigenvalue weighted by Crippen LogP contribution is -2.19. The maximum atomic E-state index is 11.7. The van der Waals surface area contributed by atoms with Crippen LogP contribution in [0.2, 0.25) is 0 Å². The Hall–Kier alpha value is -1.01. The maximum Gasteiger partial charge on any atom is 0.411 e. The molecule has 0 saturated carbocycles. The van der Waals surface area contributed by atoms with Crippen LogP contribution in [-0.2, 0) is 4.74 Å². The average molecular weight is 235 g/mol. The van der Waals surface area contributed by atoms with Crippen LogP contribution in [0.3, 0.4) is 0 Å². The van der Waals surface area contributed by atoms with Gasteiger partial charge in [0, 0.05) is 15.9 Å². The topological polar surface area (TPSA) is 21.3 Å². The summed E-state index contributed by atoms with van der Waals surface area (Å²) in [7, 11) is 0.963. The van der Waals surface area contributed by atoms with E-state index in [9.17, 15) is 13.2 Å². The molecule has 0 amide bonds. The SMILES string of the molecule is FC(F)(F)COCNc1ccc([SiH3])cc1. The van der Waals surface area contributed by atoms with Gasteiger partial charge in [-0.15, -0.1) is 0 Å². The summed E-state index contributed by atoms with van der Waals surface area (Å²) in [6, 6.07) is 7.50. The Morgan fingerprint density at radius 3 is 2.33 bits per heavy atom. The standard InChI is InChI=1S/C9H12F3NOSi/c10-9(11,12)5-14-6-13-7-1-3-8(15)4-2-7/h1-4,13H,5-6H2,15H3. The van der Waals surface area contributed by atoms with Crippen LogP contribution in [0.25, 0.3) is 0 Å². The maximum absolute atomic E-state index is 11.7. The molecule has 84 valence electrons. The Bertz CT molecular complexity index is 299. The number of nitrogens with one attached hydrogen (secondary N) is 1. The molecule has 0 heterocycles. The first-order valence-electron chi connectivity index (χ1n) is 4.42. The molecule has 0 unspecified atom stereocenters. The number of halogens is 3. The van der Waals surface area contributed by atoms with Crippen molar-refractivity contribution in [2.45, 2.75) is 6.18 Å². The monoisotopic (exact) mass is 235 g/mol. The van der Waals surface area contributed by atoms with E-state index in [0.717, 1.165) is 15.9 Å². The summed E-state index contributed by atoms with van der Waals surface area (Å²) in [4.78, 5) is 0. The van der Waals surface area contributed by atoms with Crippen LogP contribution < -0.4 is 10.5 Å². The second kappa shape index (κ2) is 5.18. The summed E-state index contributed by atoms with van der Waals surface area (Å²) in [5.74, 6) is 0. The average Bonchev–Trinajstić information content (AvgIpc) is 2.14. The molecular weight excluding hydrogens is 223 g/mol. The van der Waals surface area contributed by atoms with Crippen molar-refractivity contribution in [1.29, 1.82) is 0 Å². The molecule has 0 radical (unpaired) electrons. The van der Waals surface area contributed by atoms with Crippen LogP contribution in [0.1, 0.15) is 0 Å². The molecule has 1 aromatic carbocycles. The van der Waals surface area contributed by atoms with E-state index in [4.69, 9.17) is 0 Å². The first-order valence-corrected chi connectivity index (χ1v) is 5.42. The summed E-state index contributed by atoms with van der Waals surface area (Å²) in [5, 5.41) is 3.97. The zero-order chi connectivity index (χ0) is 11.3. The van der Waals surface area contributed by atoms with Gasteiger partial charge in [0.25, 0.3) is 0 Å². The molecule has 1 rings (SSSR count). The van der Waals surface area contributed by atoms with Crippen molar-refractivity contribution < 1.29 is 17.9 Å². The molecule has 1 N–H and O–H groups in total. The van der Waals surface area contributed by atoms with E-state index >= 15 is 0 Å². The summed E-state index contributed by atoms with van der Waals surface area (Å²) in [6.45, 7) is -1.36. The third-order valence-electron chi connectivity index (χ3n) is 1.70. The van der Waals surface area contributed by atoms with Crippen molar-refractivity contribution in [3.8, 4) is 0 Å². The summed E-state index contributed by atoms with van der Waals surface area (Å²) in [6.07, 6.45) is -4.26. The van der Waals surface area contributed by atoms with Crippen molar-refractivity contribution in [3.05, 3.63) is 24.3 Å². The van der Waals surface area contributed by atoms with E-state index in [2.05, 4.69) is 10.1 Å². The van der Waals surface area contributed by atoms with Gasteiger partial charge >= 0.3 is 6.18 Å². The van der Waals surface area contributed by atoms with E-state index in [0.29, 0.717) is 0 Å². The first-order chi connectivity index (χ1) is 6.97. The number of alkyl halides is 3. The number of ether oxygens (including phenoxy) is 1. The lowest BCUT2D eigenvalue weighted by molar-refractivity contribution is -0.172. The summed E-state index contributed by atoms with van der Waals surface area (Å²) in [5.41, 5.74) is 0.761. The van der Waals surface area contributed by atoms with Crippen LogP contribution in [0.5, 0.6) is 0 Å². The van der Waals surface area contributed by atoms with Crippen LogP contribution >= 0.6 is 0 Å². The molecule has 0 atom stereocenters. The normalized spacial score (nSPS) is 11.7. The molecule has 0 saturated heterocycles. The third-order valence-corrected chi connectivity index (χ3v) is 2.36. The Labute approximate surface area is 88.9 Å². The molecule has 0 aliphatic heterocycles. The van der Waals surface area contributed by atoms with Gasteiger partial charge in [-0.05, 0) is 12.1 Å². The van der Waals surface area contributed by atoms with Crippen LogP contribution in [0.15, 0.2) is 24.3 Å². The molecule has 0 fully saturated rings. The lowest BCUT2D eigenvalue weighted by atomic mass is 10.3. The van der Waals surface area contributed by atoms with Crippen molar-refractivity contribution in [2.24, 2.45) is 0 Å². The van der Waals surface area contributed by atoms with E-state index in [1.807, 2.05) is 24.3 Å². The quantitative estimate of drug-likeness (QED) is 0.469. The minimum Gasteiger partial charge on any atom is -0.363 e. The predicted molar refractivity (Wildman–Crippen MR) is 56.5 cm³/mol. The van der Waals surface area contributed by atoms with E-state index in [1.165, 1.54) is 5.19 Å². The van der Waals surface area contributed by atoms with E-state index in [1.54, 1.807) is 0 Å². The van der Waals surface area contributed by atoms with Gasteiger partial charge in [0.2, 0.25) is 0 Å². The van der Waals surface area contributed by atoms with Gasteiger partial charge in [-0.1, -0.05) is 17.3 Å². The highest BCUT2D eigenvalue weighted by Gasteiger charge is 2.27. The number of anilines is 1. The Kier molecular flexibility index (Phi) is 4.16. The molecule has 2 nitrogen and oxygen atoms in total. The minimum atomic E-state index is -4.26. The van der Waals surface area contributed by atoms with Crippen molar-refractivity contribution in [3.63, 3.8) is 0 Å². The third kappa shape index (κ3) is 5.43. The molecule has 0 bridgehead atoms.